The summed E-state index contributed by atoms with van der Waals surface area (Å²) in [6, 6.07) is 5.72. The minimum absolute atomic E-state index is 0.0148. The molecule has 0 amide bonds. The third-order valence-corrected chi connectivity index (χ3v) is 7.34. The lowest BCUT2D eigenvalue weighted by Gasteiger charge is -2.29. The van der Waals surface area contributed by atoms with Crippen molar-refractivity contribution in [2.24, 2.45) is 13.0 Å². The van der Waals surface area contributed by atoms with Crippen LogP contribution >= 0.6 is 0 Å². The van der Waals surface area contributed by atoms with Crippen LogP contribution in [-0.2, 0) is 18.2 Å². The van der Waals surface area contributed by atoms with E-state index in [4.69, 9.17) is 14.8 Å². The zero-order valence-electron chi connectivity index (χ0n) is 20.1. The SMILES string of the molecule is CCc1cc(F)c2nc(N3CC[C@](C)(NC[C@@H]4CCOC4)C3)c(-c3ccn(C)n3)c(C)c2c1. The first-order valence-corrected chi connectivity index (χ1v) is 12.1. The number of aromatic nitrogens is 3. The van der Waals surface area contributed by atoms with Gasteiger partial charge in [-0.1, -0.05) is 6.92 Å². The zero-order valence-corrected chi connectivity index (χ0v) is 20.1. The molecule has 33 heavy (non-hydrogen) atoms. The Bertz CT molecular complexity index is 1170. The Balaban J connectivity index is 1.54. The Morgan fingerprint density at radius 2 is 2.18 bits per heavy atom. The molecule has 2 aliphatic rings. The fourth-order valence-electron chi connectivity index (χ4n) is 5.23. The number of fused-ring (bicyclic) bond motifs is 1. The first-order valence-electron chi connectivity index (χ1n) is 12.1. The van der Waals surface area contributed by atoms with E-state index in [9.17, 15) is 0 Å². The van der Waals surface area contributed by atoms with Gasteiger partial charge in [0, 0.05) is 56.0 Å². The average molecular weight is 452 g/mol. The van der Waals surface area contributed by atoms with E-state index in [2.05, 4.69) is 30.1 Å². The molecule has 4 heterocycles. The zero-order chi connectivity index (χ0) is 23.2. The number of halogens is 1. The number of aryl methyl sites for hydroxylation is 3. The van der Waals surface area contributed by atoms with Gasteiger partial charge in [-0.15, -0.1) is 0 Å². The van der Waals surface area contributed by atoms with Crippen LogP contribution in [0.15, 0.2) is 24.4 Å². The third-order valence-electron chi connectivity index (χ3n) is 7.34. The second-order valence-corrected chi connectivity index (χ2v) is 9.98. The van der Waals surface area contributed by atoms with Crippen molar-refractivity contribution < 1.29 is 9.13 Å². The van der Waals surface area contributed by atoms with Crippen LogP contribution in [0.4, 0.5) is 10.2 Å². The summed E-state index contributed by atoms with van der Waals surface area (Å²) in [5.41, 5.74) is 4.34. The summed E-state index contributed by atoms with van der Waals surface area (Å²) in [4.78, 5) is 7.24. The number of hydrogen-bond acceptors (Lipinski definition) is 5. The molecule has 0 aliphatic carbocycles. The lowest BCUT2D eigenvalue weighted by atomic mass is 9.98. The molecule has 6 nitrogen and oxygen atoms in total. The van der Waals surface area contributed by atoms with Gasteiger partial charge >= 0.3 is 0 Å². The molecule has 2 aromatic heterocycles. The molecular weight excluding hydrogens is 417 g/mol. The highest BCUT2D eigenvalue weighted by Gasteiger charge is 2.36. The summed E-state index contributed by atoms with van der Waals surface area (Å²) in [5, 5.41) is 9.37. The molecule has 176 valence electrons. The molecule has 1 N–H and O–H groups in total. The van der Waals surface area contributed by atoms with Crippen LogP contribution in [0.25, 0.3) is 22.2 Å². The fraction of sp³-hybridized carbons (Fsp3) is 0.538. The summed E-state index contributed by atoms with van der Waals surface area (Å²) in [5.74, 6) is 1.17. The summed E-state index contributed by atoms with van der Waals surface area (Å²) in [6.45, 7) is 10.8. The fourth-order valence-corrected chi connectivity index (χ4v) is 5.23. The van der Waals surface area contributed by atoms with Crippen molar-refractivity contribution >= 4 is 16.7 Å². The standard InChI is InChI=1S/C26H34FN5O/c1-5-18-12-20-17(2)23(22-6-9-31(4)30-22)25(29-24(20)21(27)13-18)32-10-8-26(3,16-32)28-14-19-7-11-33-15-19/h6,9,12-13,19,28H,5,7-8,10-11,14-16H2,1-4H3/t19-,26-/m0/s1. The molecule has 0 saturated carbocycles. The van der Waals surface area contributed by atoms with Crippen molar-refractivity contribution in [2.75, 3.05) is 37.7 Å². The van der Waals surface area contributed by atoms with E-state index in [1.807, 2.05) is 30.9 Å². The van der Waals surface area contributed by atoms with Crippen molar-refractivity contribution in [1.29, 1.82) is 0 Å². The molecule has 2 atom stereocenters. The Kier molecular flexibility index (Phi) is 5.87. The maximum absolute atomic E-state index is 15.1. The van der Waals surface area contributed by atoms with Crippen LogP contribution in [0.5, 0.6) is 0 Å². The van der Waals surface area contributed by atoms with E-state index < -0.39 is 0 Å². The van der Waals surface area contributed by atoms with Gasteiger partial charge in [0.15, 0.2) is 0 Å². The number of nitrogens with one attached hydrogen (secondary N) is 1. The molecule has 1 aromatic carbocycles. The number of anilines is 1. The average Bonchev–Trinajstić information content (AvgIpc) is 3.54. The van der Waals surface area contributed by atoms with Gasteiger partial charge in [0.1, 0.15) is 17.2 Å². The van der Waals surface area contributed by atoms with Gasteiger partial charge in [0.2, 0.25) is 0 Å². The van der Waals surface area contributed by atoms with Gasteiger partial charge < -0.3 is 15.0 Å². The molecule has 5 rings (SSSR count). The van der Waals surface area contributed by atoms with E-state index in [-0.39, 0.29) is 11.4 Å². The molecule has 2 fully saturated rings. The Labute approximate surface area is 195 Å². The quantitative estimate of drug-likeness (QED) is 0.608. The predicted molar refractivity (Wildman–Crippen MR) is 130 cm³/mol. The van der Waals surface area contributed by atoms with Crippen molar-refractivity contribution in [3.63, 3.8) is 0 Å². The highest BCUT2D eigenvalue weighted by molar-refractivity contribution is 5.94. The second kappa shape index (κ2) is 8.69. The predicted octanol–water partition coefficient (Wildman–Crippen LogP) is 4.24. The van der Waals surface area contributed by atoms with E-state index in [0.717, 1.165) is 85.7 Å². The molecule has 3 aromatic rings. The minimum Gasteiger partial charge on any atom is -0.381 e. The molecule has 2 saturated heterocycles. The first kappa shape index (κ1) is 22.3. The monoisotopic (exact) mass is 451 g/mol. The molecule has 7 heteroatoms. The van der Waals surface area contributed by atoms with Crippen LogP contribution in [0.1, 0.15) is 37.8 Å². The van der Waals surface area contributed by atoms with E-state index in [1.54, 1.807) is 6.07 Å². The van der Waals surface area contributed by atoms with Crippen molar-refractivity contribution in [2.45, 2.75) is 45.6 Å². The van der Waals surface area contributed by atoms with E-state index in [1.165, 1.54) is 0 Å². The lowest BCUT2D eigenvalue weighted by Crippen LogP contribution is -2.47. The third kappa shape index (κ3) is 4.24. The summed E-state index contributed by atoms with van der Waals surface area (Å²) in [6.07, 6.45) is 4.87. The largest absolute Gasteiger partial charge is 0.381 e. The maximum Gasteiger partial charge on any atom is 0.149 e. The Morgan fingerprint density at radius 3 is 2.88 bits per heavy atom. The highest BCUT2D eigenvalue weighted by atomic mass is 19.1. The van der Waals surface area contributed by atoms with Crippen LogP contribution in [0.3, 0.4) is 0 Å². The first-order chi connectivity index (χ1) is 15.9. The van der Waals surface area contributed by atoms with Crippen LogP contribution in [-0.4, -0.2) is 53.2 Å². The molecule has 0 unspecified atom stereocenters. The second-order valence-electron chi connectivity index (χ2n) is 9.98. The molecule has 2 aliphatic heterocycles. The summed E-state index contributed by atoms with van der Waals surface area (Å²) >= 11 is 0. The van der Waals surface area contributed by atoms with E-state index >= 15 is 4.39 Å². The molecule has 0 spiro atoms. The lowest BCUT2D eigenvalue weighted by molar-refractivity contribution is 0.183. The number of pyridine rings is 1. The van der Waals surface area contributed by atoms with Gasteiger partial charge in [0.05, 0.1) is 12.3 Å². The number of hydrogen-bond donors (Lipinski definition) is 1. The van der Waals surface area contributed by atoms with Crippen molar-refractivity contribution in [3.05, 3.63) is 41.3 Å². The summed E-state index contributed by atoms with van der Waals surface area (Å²) < 4.78 is 22.5. The highest BCUT2D eigenvalue weighted by Crippen LogP contribution is 2.39. The minimum atomic E-state index is -0.248. The van der Waals surface area contributed by atoms with Crippen LogP contribution in [0.2, 0.25) is 0 Å². The number of ether oxygens (including phenoxy) is 1. The van der Waals surface area contributed by atoms with Crippen LogP contribution < -0.4 is 10.2 Å². The number of nitrogens with zero attached hydrogens (tertiary/aromatic N) is 4. The van der Waals surface area contributed by atoms with Gasteiger partial charge in [-0.25, -0.2) is 9.37 Å². The molecule has 0 bridgehead atoms. The summed E-state index contributed by atoms with van der Waals surface area (Å²) in [7, 11) is 1.92. The Hall–Kier alpha value is -2.51. The maximum atomic E-state index is 15.1. The smallest absolute Gasteiger partial charge is 0.149 e. The van der Waals surface area contributed by atoms with E-state index in [0.29, 0.717) is 11.4 Å². The normalized spacial score (nSPS) is 23.2. The van der Waals surface area contributed by atoms with Crippen molar-refractivity contribution in [3.8, 4) is 11.3 Å². The molecule has 0 radical (unpaired) electrons. The molecular formula is C26H34FN5O. The topological polar surface area (TPSA) is 55.2 Å². The number of rotatable bonds is 6. The number of benzene rings is 1. The van der Waals surface area contributed by atoms with Gasteiger partial charge in [0.25, 0.3) is 0 Å². The Morgan fingerprint density at radius 1 is 1.33 bits per heavy atom. The van der Waals surface area contributed by atoms with Gasteiger partial charge in [-0.05, 0) is 68.4 Å². The van der Waals surface area contributed by atoms with Gasteiger partial charge in [-0.2, -0.15) is 5.10 Å². The van der Waals surface area contributed by atoms with Crippen molar-refractivity contribution in [1.82, 2.24) is 20.1 Å². The van der Waals surface area contributed by atoms with Gasteiger partial charge in [-0.3, -0.25) is 4.68 Å². The van der Waals surface area contributed by atoms with Crippen LogP contribution in [0, 0.1) is 18.7 Å².